The van der Waals surface area contributed by atoms with E-state index in [-0.39, 0.29) is 5.56 Å². The van der Waals surface area contributed by atoms with E-state index in [1.807, 2.05) is 6.92 Å². The third-order valence-corrected chi connectivity index (χ3v) is 7.56. The first-order chi connectivity index (χ1) is 19.2. The molecule has 3 aromatic rings. The van der Waals surface area contributed by atoms with Crippen LogP contribution in [0.5, 0.6) is 0 Å². The molecule has 10 nitrogen and oxygen atoms in total. The summed E-state index contributed by atoms with van der Waals surface area (Å²) in [6.45, 7) is 4.44. The van der Waals surface area contributed by atoms with Gasteiger partial charge in [-0.2, -0.15) is 0 Å². The van der Waals surface area contributed by atoms with Crippen molar-refractivity contribution in [2.24, 2.45) is 5.92 Å². The van der Waals surface area contributed by atoms with Crippen LogP contribution in [0.4, 0.5) is 15.1 Å². The van der Waals surface area contributed by atoms with Gasteiger partial charge in [-0.25, -0.2) is 19.2 Å². The summed E-state index contributed by atoms with van der Waals surface area (Å²) >= 11 is 0.850. The fraction of sp³-hybridized carbons (Fsp3) is 0.286. The number of anilines is 1. The summed E-state index contributed by atoms with van der Waals surface area (Å²) in [5, 5.41) is 14.8. The molecule has 0 atom stereocenters. The van der Waals surface area contributed by atoms with Crippen LogP contribution in [0.15, 0.2) is 47.5 Å². The largest absolute Gasteiger partial charge is 0.478 e. The number of carboxylic acids is 1. The Morgan fingerprint density at radius 2 is 2.00 bits per heavy atom. The number of thioether (sulfide) groups is 1. The van der Waals surface area contributed by atoms with E-state index in [2.05, 4.69) is 30.5 Å². The number of aryl methyl sites for hydroxylation is 1. The molecule has 0 saturated carbocycles. The number of amides is 2. The number of hydrogen-bond donors (Lipinski definition) is 3. The molecule has 206 valence electrons. The highest BCUT2D eigenvalue weighted by molar-refractivity contribution is 8.18. The number of aromatic nitrogens is 3. The molecule has 2 aromatic heterocycles. The van der Waals surface area contributed by atoms with Gasteiger partial charge in [-0.1, -0.05) is 11.6 Å². The number of carbonyl (C=O) groups is 3. The molecule has 0 bridgehead atoms. The molecule has 3 N–H and O–H groups in total. The van der Waals surface area contributed by atoms with E-state index in [4.69, 9.17) is 0 Å². The highest BCUT2D eigenvalue weighted by Gasteiger charge is 2.26. The van der Waals surface area contributed by atoms with E-state index in [1.54, 1.807) is 30.5 Å². The molecule has 1 aromatic carbocycles. The summed E-state index contributed by atoms with van der Waals surface area (Å²) in [6, 6.07) is 9.24. The van der Waals surface area contributed by atoms with Crippen LogP contribution in [-0.4, -0.2) is 56.8 Å². The predicted molar refractivity (Wildman–Crippen MR) is 149 cm³/mol. The van der Waals surface area contributed by atoms with Crippen LogP contribution in [0.1, 0.15) is 40.2 Å². The number of aromatic carboxylic acids is 1. The van der Waals surface area contributed by atoms with Gasteiger partial charge in [-0.15, -0.1) is 0 Å². The Kier molecular flexibility index (Phi) is 8.17. The molecule has 5 rings (SSSR count). The van der Waals surface area contributed by atoms with Crippen molar-refractivity contribution in [3.8, 4) is 11.3 Å². The number of imide groups is 1. The van der Waals surface area contributed by atoms with Crippen LogP contribution >= 0.6 is 11.8 Å². The number of nitrogens with zero attached hydrogens (tertiary/aromatic N) is 4. The van der Waals surface area contributed by atoms with Crippen molar-refractivity contribution in [3.05, 3.63) is 75.8 Å². The van der Waals surface area contributed by atoms with Crippen LogP contribution in [0, 0.1) is 18.7 Å². The van der Waals surface area contributed by atoms with Gasteiger partial charge in [0.05, 0.1) is 27.6 Å². The summed E-state index contributed by atoms with van der Waals surface area (Å²) in [4.78, 5) is 50.7. The minimum atomic E-state index is -1.09. The van der Waals surface area contributed by atoms with Gasteiger partial charge >= 0.3 is 5.97 Å². The molecule has 2 amide bonds. The quantitative estimate of drug-likeness (QED) is 0.345. The normalized spacial score (nSPS) is 16.9. The van der Waals surface area contributed by atoms with Crippen LogP contribution in [0.2, 0.25) is 0 Å². The molecule has 0 spiro atoms. The molecular formula is C28H27FN6O4S. The molecule has 2 fully saturated rings. The standard InChI is InChI=1S/C28H27FN6O4S/c1-16-2-3-21(26(37)38)22(10-16)23-12-18(29)11-20(32-23)15-30-14-17-5-8-35(9-6-17)27-31-7-4-19(33-27)13-24-25(36)34-28(39)40-24/h2-4,7,10-13,17,30H,5-6,8-9,14-15H2,1H3,(H,37,38)(H,34,36,39)/b24-13-. The Morgan fingerprint density at radius 3 is 2.73 bits per heavy atom. The van der Waals surface area contributed by atoms with Crippen LogP contribution in [0.25, 0.3) is 17.3 Å². The molecule has 0 unspecified atom stereocenters. The molecule has 2 aliphatic rings. The second-order valence-corrected chi connectivity index (χ2v) is 10.7. The molecule has 4 heterocycles. The second kappa shape index (κ2) is 11.9. The maximum atomic E-state index is 14.4. The summed E-state index contributed by atoms with van der Waals surface area (Å²) in [7, 11) is 0. The number of pyridine rings is 1. The van der Waals surface area contributed by atoms with Crippen LogP contribution < -0.4 is 15.5 Å². The zero-order valence-electron chi connectivity index (χ0n) is 21.7. The number of carbonyl (C=O) groups excluding carboxylic acids is 2. The van der Waals surface area contributed by atoms with Crippen molar-refractivity contribution in [2.75, 3.05) is 24.5 Å². The first-order valence-electron chi connectivity index (χ1n) is 12.8. The molecule has 12 heteroatoms. The third-order valence-electron chi connectivity index (χ3n) is 6.75. The number of benzene rings is 1. The number of carboxylic acid groups (broad SMARTS) is 1. The SMILES string of the molecule is Cc1ccc(C(=O)O)c(-c2cc(F)cc(CNCC3CCN(c4nccc(/C=C5\SC(=O)NC5=O)n4)CC3)n2)c1. The average molecular weight is 563 g/mol. The van der Waals surface area contributed by atoms with Crippen LogP contribution in [0.3, 0.4) is 0 Å². The summed E-state index contributed by atoms with van der Waals surface area (Å²) < 4.78 is 14.4. The van der Waals surface area contributed by atoms with Crippen molar-refractivity contribution in [3.63, 3.8) is 0 Å². The number of rotatable bonds is 8. The zero-order valence-corrected chi connectivity index (χ0v) is 22.5. The van der Waals surface area contributed by atoms with E-state index >= 15 is 0 Å². The topological polar surface area (TPSA) is 137 Å². The lowest BCUT2D eigenvalue weighted by Crippen LogP contribution is -2.38. The minimum absolute atomic E-state index is 0.0820. The summed E-state index contributed by atoms with van der Waals surface area (Å²) in [6.07, 6.45) is 5.03. The molecule has 2 aliphatic heterocycles. The van der Waals surface area contributed by atoms with Gasteiger partial charge in [0.1, 0.15) is 5.82 Å². The Labute approximate surface area is 234 Å². The van der Waals surface area contributed by atoms with Gasteiger partial charge in [0.25, 0.3) is 11.1 Å². The van der Waals surface area contributed by atoms with E-state index in [0.29, 0.717) is 46.0 Å². The summed E-state index contributed by atoms with van der Waals surface area (Å²) in [5.74, 6) is -1.01. The first kappa shape index (κ1) is 27.4. The highest BCUT2D eigenvalue weighted by atomic mass is 32.2. The van der Waals surface area contributed by atoms with E-state index in [9.17, 15) is 23.9 Å². The average Bonchev–Trinajstić information content (AvgIpc) is 3.24. The lowest BCUT2D eigenvalue weighted by Gasteiger charge is -2.32. The van der Waals surface area contributed by atoms with Gasteiger partial charge in [-0.3, -0.25) is 19.9 Å². The van der Waals surface area contributed by atoms with Crippen molar-refractivity contribution in [2.45, 2.75) is 26.3 Å². The number of hydrogen-bond acceptors (Lipinski definition) is 9. The van der Waals surface area contributed by atoms with E-state index in [1.165, 1.54) is 18.2 Å². The monoisotopic (exact) mass is 562 g/mol. The van der Waals surface area contributed by atoms with Crippen LogP contribution in [-0.2, 0) is 11.3 Å². The van der Waals surface area contributed by atoms with Crippen molar-refractivity contribution < 1.29 is 23.9 Å². The Bertz CT molecular complexity index is 1510. The Balaban J connectivity index is 1.16. The Morgan fingerprint density at radius 1 is 1.20 bits per heavy atom. The number of piperidine rings is 1. The first-order valence-corrected chi connectivity index (χ1v) is 13.6. The maximum Gasteiger partial charge on any atom is 0.336 e. The van der Waals surface area contributed by atoms with Gasteiger partial charge in [0, 0.05) is 37.5 Å². The van der Waals surface area contributed by atoms with Crippen molar-refractivity contribution in [1.29, 1.82) is 0 Å². The molecule has 40 heavy (non-hydrogen) atoms. The van der Waals surface area contributed by atoms with Gasteiger partial charge in [0.15, 0.2) is 0 Å². The second-order valence-electron chi connectivity index (χ2n) is 9.71. The zero-order chi connectivity index (χ0) is 28.2. The Hall–Kier alpha value is -4.16. The number of nitrogens with one attached hydrogen (secondary N) is 2. The van der Waals surface area contributed by atoms with E-state index in [0.717, 1.165) is 49.8 Å². The van der Waals surface area contributed by atoms with Gasteiger partial charge in [0.2, 0.25) is 5.95 Å². The van der Waals surface area contributed by atoms with Crippen molar-refractivity contribution >= 4 is 40.9 Å². The number of halogens is 1. The maximum absolute atomic E-state index is 14.4. The molecular weight excluding hydrogens is 535 g/mol. The lowest BCUT2D eigenvalue weighted by molar-refractivity contribution is -0.115. The summed E-state index contributed by atoms with van der Waals surface area (Å²) in [5.41, 5.74) is 2.69. The van der Waals surface area contributed by atoms with Gasteiger partial charge < -0.3 is 15.3 Å². The fourth-order valence-corrected chi connectivity index (χ4v) is 5.39. The predicted octanol–water partition coefficient (Wildman–Crippen LogP) is 4.01. The van der Waals surface area contributed by atoms with Gasteiger partial charge in [-0.05, 0) is 74.3 Å². The fourth-order valence-electron chi connectivity index (χ4n) is 4.73. The highest BCUT2D eigenvalue weighted by Crippen LogP contribution is 2.27. The molecule has 2 saturated heterocycles. The third kappa shape index (κ3) is 6.52. The molecule has 0 radical (unpaired) electrons. The van der Waals surface area contributed by atoms with Crippen molar-refractivity contribution in [1.82, 2.24) is 25.6 Å². The smallest absolute Gasteiger partial charge is 0.336 e. The molecule has 0 aliphatic carbocycles. The lowest BCUT2D eigenvalue weighted by atomic mass is 9.97. The minimum Gasteiger partial charge on any atom is -0.478 e. The van der Waals surface area contributed by atoms with E-state index < -0.39 is 22.9 Å².